The number of rotatable bonds is 4. The summed E-state index contributed by atoms with van der Waals surface area (Å²) in [6.45, 7) is 8.05. The molecule has 1 aromatic carbocycles. The number of benzene rings is 1. The minimum atomic E-state index is -3.41. The molecule has 1 atom stereocenters. The van der Waals surface area contributed by atoms with E-state index in [1.54, 1.807) is 22.5 Å². The number of piperazine rings is 1. The van der Waals surface area contributed by atoms with Crippen LogP contribution in [-0.4, -0.2) is 45.0 Å². The molecule has 6 heteroatoms. The lowest BCUT2D eigenvalue weighted by molar-refractivity contribution is 0.310. The van der Waals surface area contributed by atoms with Gasteiger partial charge in [0.15, 0.2) is 0 Å². The maximum absolute atomic E-state index is 12.6. The molecule has 112 valence electrons. The van der Waals surface area contributed by atoms with Crippen molar-refractivity contribution in [2.24, 2.45) is 0 Å². The van der Waals surface area contributed by atoms with Crippen LogP contribution in [0.1, 0.15) is 19.4 Å². The first-order valence-corrected chi connectivity index (χ1v) is 8.36. The van der Waals surface area contributed by atoms with Gasteiger partial charge in [0.2, 0.25) is 10.0 Å². The van der Waals surface area contributed by atoms with Crippen LogP contribution in [0.3, 0.4) is 0 Å². The van der Waals surface area contributed by atoms with Crippen LogP contribution in [0.5, 0.6) is 5.75 Å². The molecule has 0 bridgehead atoms. The number of ether oxygens (including phenoxy) is 1. The molecule has 2 rings (SSSR count). The van der Waals surface area contributed by atoms with Crippen molar-refractivity contribution in [2.45, 2.75) is 31.7 Å². The molecule has 1 heterocycles. The highest BCUT2D eigenvalue weighted by molar-refractivity contribution is 7.89. The van der Waals surface area contributed by atoms with Gasteiger partial charge >= 0.3 is 0 Å². The summed E-state index contributed by atoms with van der Waals surface area (Å²) >= 11 is 0. The van der Waals surface area contributed by atoms with Crippen molar-refractivity contribution in [3.05, 3.63) is 23.8 Å². The summed E-state index contributed by atoms with van der Waals surface area (Å²) in [6, 6.07) is 5.23. The summed E-state index contributed by atoms with van der Waals surface area (Å²) in [4.78, 5) is 0.340. The maximum atomic E-state index is 12.6. The summed E-state index contributed by atoms with van der Waals surface area (Å²) in [5.74, 6) is 0.736. The summed E-state index contributed by atoms with van der Waals surface area (Å²) in [5, 5.41) is 3.25. The smallest absolute Gasteiger partial charge is 0.243 e. The van der Waals surface area contributed by atoms with E-state index >= 15 is 0 Å². The fraction of sp³-hybridized carbons (Fsp3) is 0.571. The number of aryl methyl sites for hydroxylation is 1. The Labute approximate surface area is 121 Å². The Balaban J connectivity index is 2.27. The highest BCUT2D eigenvalue weighted by atomic mass is 32.2. The minimum absolute atomic E-state index is 0.183. The van der Waals surface area contributed by atoms with Crippen LogP contribution in [0.15, 0.2) is 23.1 Å². The van der Waals surface area contributed by atoms with Crippen LogP contribution in [0.2, 0.25) is 0 Å². The van der Waals surface area contributed by atoms with E-state index in [0.29, 0.717) is 31.1 Å². The van der Waals surface area contributed by atoms with Gasteiger partial charge in [-0.2, -0.15) is 4.31 Å². The lowest BCUT2D eigenvalue weighted by atomic mass is 10.2. The molecular formula is C14H22N2O3S. The van der Waals surface area contributed by atoms with E-state index in [-0.39, 0.29) is 6.04 Å². The van der Waals surface area contributed by atoms with Crippen LogP contribution >= 0.6 is 0 Å². The largest absolute Gasteiger partial charge is 0.494 e. The Morgan fingerprint density at radius 1 is 1.45 bits per heavy atom. The van der Waals surface area contributed by atoms with Crippen molar-refractivity contribution in [1.82, 2.24) is 9.62 Å². The average Bonchev–Trinajstić information content (AvgIpc) is 2.41. The van der Waals surface area contributed by atoms with E-state index in [9.17, 15) is 8.42 Å². The van der Waals surface area contributed by atoms with Crippen molar-refractivity contribution in [3.8, 4) is 5.75 Å². The first-order chi connectivity index (χ1) is 9.45. The predicted molar refractivity (Wildman–Crippen MR) is 78.6 cm³/mol. The van der Waals surface area contributed by atoms with E-state index < -0.39 is 10.0 Å². The first-order valence-electron chi connectivity index (χ1n) is 6.92. The quantitative estimate of drug-likeness (QED) is 0.912. The van der Waals surface area contributed by atoms with Gasteiger partial charge in [-0.1, -0.05) is 0 Å². The van der Waals surface area contributed by atoms with Crippen LogP contribution in [0.4, 0.5) is 0 Å². The van der Waals surface area contributed by atoms with Gasteiger partial charge in [0.05, 0.1) is 11.5 Å². The molecule has 0 aromatic heterocycles. The van der Waals surface area contributed by atoms with Crippen molar-refractivity contribution >= 4 is 10.0 Å². The van der Waals surface area contributed by atoms with Gasteiger partial charge in [-0.25, -0.2) is 8.42 Å². The molecule has 0 aliphatic carbocycles. The molecule has 5 nitrogen and oxygen atoms in total. The molecule has 1 aliphatic rings. The lowest BCUT2D eigenvalue weighted by Gasteiger charge is -2.31. The third-order valence-electron chi connectivity index (χ3n) is 3.42. The Morgan fingerprint density at radius 3 is 2.80 bits per heavy atom. The highest BCUT2D eigenvalue weighted by Crippen LogP contribution is 2.24. The number of nitrogens with zero attached hydrogens (tertiary/aromatic N) is 1. The molecule has 1 N–H and O–H groups in total. The Morgan fingerprint density at radius 2 is 2.20 bits per heavy atom. The maximum Gasteiger partial charge on any atom is 0.243 e. The van der Waals surface area contributed by atoms with Gasteiger partial charge in [0, 0.05) is 25.7 Å². The van der Waals surface area contributed by atoms with Crippen LogP contribution in [0.25, 0.3) is 0 Å². The van der Waals surface area contributed by atoms with Crippen LogP contribution in [0, 0.1) is 6.92 Å². The number of sulfonamides is 1. The topological polar surface area (TPSA) is 58.6 Å². The van der Waals surface area contributed by atoms with E-state index in [1.807, 2.05) is 20.8 Å². The standard InChI is InChI=1S/C14H22N2O3S/c1-4-19-14-6-5-13(9-11(14)2)20(17,18)16-8-7-15-12(3)10-16/h5-6,9,12,15H,4,7-8,10H2,1-3H3/t12-/m1/s1. The lowest BCUT2D eigenvalue weighted by Crippen LogP contribution is -2.51. The summed E-state index contributed by atoms with van der Waals surface area (Å²) in [6.07, 6.45) is 0. The summed E-state index contributed by atoms with van der Waals surface area (Å²) in [7, 11) is -3.41. The molecule has 0 unspecified atom stereocenters. The van der Waals surface area contributed by atoms with Crippen LogP contribution < -0.4 is 10.1 Å². The van der Waals surface area contributed by atoms with Gasteiger partial charge < -0.3 is 10.1 Å². The monoisotopic (exact) mass is 298 g/mol. The van der Waals surface area contributed by atoms with E-state index in [2.05, 4.69) is 5.32 Å². The van der Waals surface area contributed by atoms with Gasteiger partial charge in [-0.05, 0) is 44.5 Å². The second kappa shape index (κ2) is 6.11. The molecule has 0 saturated carbocycles. The molecule has 0 spiro atoms. The number of hydrogen-bond donors (Lipinski definition) is 1. The number of nitrogens with one attached hydrogen (secondary N) is 1. The molecule has 20 heavy (non-hydrogen) atoms. The fourth-order valence-electron chi connectivity index (χ4n) is 2.36. The Bertz CT molecular complexity index is 572. The molecule has 0 amide bonds. The number of hydrogen-bond acceptors (Lipinski definition) is 4. The zero-order valence-electron chi connectivity index (χ0n) is 12.2. The molecule has 1 aliphatic heterocycles. The third kappa shape index (κ3) is 3.13. The zero-order chi connectivity index (χ0) is 14.8. The van der Waals surface area contributed by atoms with Gasteiger partial charge in [0.1, 0.15) is 5.75 Å². The van der Waals surface area contributed by atoms with Crippen molar-refractivity contribution in [2.75, 3.05) is 26.2 Å². The average molecular weight is 298 g/mol. The van der Waals surface area contributed by atoms with E-state index in [1.165, 1.54) is 0 Å². The second-order valence-corrected chi connectivity index (χ2v) is 7.02. The van der Waals surface area contributed by atoms with Crippen molar-refractivity contribution in [3.63, 3.8) is 0 Å². The molecule has 1 saturated heterocycles. The van der Waals surface area contributed by atoms with Crippen molar-refractivity contribution < 1.29 is 13.2 Å². The van der Waals surface area contributed by atoms with Gasteiger partial charge in [-0.15, -0.1) is 0 Å². The second-order valence-electron chi connectivity index (χ2n) is 5.08. The predicted octanol–water partition coefficient (Wildman–Crippen LogP) is 1.38. The Kier molecular flexibility index (Phi) is 4.67. The summed E-state index contributed by atoms with van der Waals surface area (Å²) < 4.78 is 32.2. The summed E-state index contributed by atoms with van der Waals surface area (Å²) in [5.41, 5.74) is 0.844. The zero-order valence-corrected chi connectivity index (χ0v) is 13.0. The molecular weight excluding hydrogens is 276 g/mol. The molecule has 1 aromatic rings. The van der Waals surface area contributed by atoms with E-state index in [0.717, 1.165) is 11.3 Å². The van der Waals surface area contributed by atoms with Crippen molar-refractivity contribution in [1.29, 1.82) is 0 Å². The van der Waals surface area contributed by atoms with E-state index in [4.69, 9.17) is 4.74 Å². The third-order valence-corrected chi connectivity index (χ3v) is 5.28. The SMILES string of the molecule is CCOc1ccc(S(=O)(=O)N2CCN[C@H](C)C2)cc1C. The highest BCUT2D eigenvalue weighted by Gasteiger charge is 2.28. The van der Waals surface area contributed by atoms with Gasteiger partial charge in [0.25, 0.3) is 0 Å². The molecule has 1 fully saturated rings. The fourth-order valence-corrected chi connectivity index (χ4v) is 3.98. The van der Waals surface area contributed by atoms with Crippen LogP contribution in [-0.2, 0) is 10.0 Å². The first kappa shape index (κ1) is 15.3. The van der Waals surface area contributed by atoms with Gasteiger partial charge in [-0.3, -0.25) is 0 Å². The minimum Gasteiger partial charge on any atom is -0.494 e. The Hall–Kier alpha value is -1.11. The normalized spacial score (nSPS) is 20.9. The molecule has 0 radical (unpaired) electrons.